The number of carbonyl (C=O) groups is 2. The summed E-state index contributed by atoms with van der Waals surface area (Å²) in [5.74, 6) is -0.519. The van der Waals surface area contributed by atoms with E-state index in [1.165, 1.54) is 25.7 Å². The second-order valence-corrected chi connectivity index (χ2v) is 8.18. The summed E-state index contributed by atoms with van der Waals surface area (Å²) in [6.45, 7) is 2.07. The standard InChI is InChI=1S/C16H26Br2O3/c1-2-21-15(20)16(18)12-10-8-6-4-3-5-7-9-11-13(17)14(16)19/h13H,2-12H2,1H3/t13-,16+/m1/s1. The summed E-state index contributed by atoms with van der Waals surface area (Å²) >= 11 is 6.89. The molecule has 0 unspecified atom stereocenters. The zero-order valence-corrected chi connectivity index (χ0v) is 16.0. The van der Waals surface area contributed by atoms with Crippen molar-refractivity contribution in [2.45, 2.75) is 80.3 Å². The van der Waals surface area contributed by atoms with Crippen molar-refractivity contribution in [2.24, 2.45) is 0 Å². The van der Waals surface area contributed by atoms with Crippen LogP contribution in [0.2, 0.25) is 0 Å². The van der Waals surface area contributed by atoms with Crippen molar-refractivity contribution < 1.29 is 14.3 Å². The molecule has 0 N–H and O–H groups in total. The number of halogens is 2. The molecule has 5 heteroatoms. The molecule has 0 amide bonds. The van der Waals surface area contributed by atoms with E-state index < -0.39 is 10.3 Å². The number of hydrogen-bond donors (Lipinski definition) is 0. The molecular weight excluding hydrogens is 400 g/mol. The molecule has 0 aromatic heterocycles. The fourth-order valence-electron chi connectivity index (χ4n) is 2.70. The van der Waals surface area contributed by atoms with E-state index in [0.29, 0.717) is 13.0 Å². The number of alkyl halides is 2. The van der Waals surface area contributed by atoms with E-state index in [9.17, 15) is 9.59 Å². The van der Waals surface area contributed by atoms with Gasteiger partial charge in [0.15, 0.2) is 10.1 Å². The fraction of sp³-hybridized carbons (Fsp3) is 0.875. The van der Waals surface area contributed by atoms with Crippen LogP contribution in [0.25, 0.3) is 0 Å². The highest BCUT2D eigenvalue weighted by Crippen LogP contribution is 2.33. The maximum absolute atomic E-state index is 12.7. The smallest absolute Gasteiger partial charge is 0.330 e. The minimum Gasteiger partial charge on any atom is -0.465 e. The molecule has 1 fully saturated rings. The van der Waals surface area contributed by atoms with Crippen LogP contribution < -0.4 is 0 Å². The Bertz CT molecular complexity index is 346. The van der Waals surface area contributed by atoms with E-state index in [2.05, 4.69) is 31.9 Å². The zero-order valence-electron chi connectivity index (χ0n) is 12.8. The average Bonchev–Trinajstić information content (AvgIpc) is 2.48. The number of carbonyl (C=O) groups excluding carboxylic acids is 2. The Balaban J connectivity index is 2.81. The minimum atomic E-state index is -1.18. The van der Waals surface area contributed by atoms with Crippen molar-refractivity contribution in [2.75, 3.05) is 6.61 Å². The summed E-state index contributed by atoms with van der Waals surface area (Å²) in [5.41, 5.74) is 0. The van der Waals surface area contributed by atoms with Gasteiger partial charge in [0.25, 0.3) is 0 Å². The highest BCUT2D eigenvalue weighted by Gasteiger charge is 2.46. The van der Waals surface area contributed by atoms with Crippen molar-refractivity contribution in [1.29, 1.82) is 0 Å². The van der Waals surface area contributed by atoms with E-state index in [4.69, 9.17) is 4.74 Å². The summed E-state index contributed by atoms with van der Waals surface area (Å²) < 4.78 is 3.95. The van der Waals surface area contributed by atoms with Gasteiger partial charge < -0.3 is 4.74 Å². The van der Waals surface area contributed by atoms with E-state index in [1.54, 1.807) is 6.92 Å². The molecule has 21 heavy (non-hydrogen) atoms. The van der Waals surface area contributed by atoms with Gasteiger partial charge in [-0.15, -0.1) is 0 Å². The molecule has 3 nitrogen and oxygen atoms in total. The van der Waals surface area contributed by atoms with Gasteiger partial charge in [-0.05, 0) is 19.8 Å². The minimum absolute atomic E-state index is 0.0832. The van der Waals surface area contributed by atoms with Crippen molar-refractivity contribution in [3.63, 3.8) is 0 Å². The first-order valence-electron chi connectivity index (χ1n) is 8.07. The highest BCUT2D eigenvalue weighted by molar-refractivity contribution is 9.11. The predicted molar refractivity (Wildman–Crippen MR) is 92.2 cm³/mol. The lowest BCUT2D eigenvalue weighted by Gasteiger charge is -2.26. The van der Waals surface area contributed by atoms with Crippen LogP contribution in [-0.4, -0.2) is 27.5 Å². The Labute approximate surface area is 144 Å². The summed E-state index contributed by atoms with van der Waals surface area (Å²) in [6, 6.07) is 0. The monoisotopic (exact) mass is 424 g/mol. The zero-order chi connectivity index (χ0) is 15.7. The van der Waals surface area contributed by atoms with E-state index >= 15 is 0 Å². The molecule has 0 aromatic carbocycles. The molecule has 0 saturated heterocycles. The molecule has 0 bridgehead atoms. The number of hydrogen-bond acceptors (Lipinski definition) is 3. The number of ether oxygens (including phenoxy) is 1. The van der Waals surface area contributed by atoms with Crippen molar-refractivity contribution >= 4 is 43.6 Å². The molecule has 0 spiro atoms. The summed E-state index contributed by atoms with van der Waals surface area (Å²) in [5, 5.41) is 0. The first-order valence-corrected chi connectivity index (χ1v) is 9.77. The molecule has 122 valence electrons. The van der Waals surface area contributed by atoms with E-state index in [1.807, 2.05) is 0 Å². The molecule has 2 atom stereocenters. The average molecular weight is 426 g/mol. The Morgan fingerprint density at radius 1 is 1.14 bits per heavy atom. The van der Waals surface area contributed by atoms with Crippen LogP contribution in [-0.2, 0) is 14.3 Å². The summed E-state index contributed by atoms with van der Waals surface area (Å²) in [6.07, 6.45) is 10.4. The maximum atomic E-state index is 12.7. The first-order chi connectivity index (χ1) is 10.0. The van der Waals surface area contributed by atoms with Gasteiger partial charge in [-0.3, -0.25) is 9.59 Å². The molecule has 0 aliphatic heterocycles. The van der Waals surface area contributed by atoms with Gasteiger partial charge in [-0.1, -0.05) is 83.2 Å². The second-order valence-electron chi connectivity index (χ2n) is 5.72. The Morgan fingerprint density at radius 2 is 1.67 bits per heavy atom. The molecular formula is C16H26Br2O3. The number of esters is 1. The van der Waals surface area contributed by atoms with Gasteiger partial charge in [0.05, 0.1) is 11.4 Å². The van der Waals surface area contributed by atoms with Crippen LogP contribution in [0.1, 0.15) is 71.1 Å². The van der Waals surface area contributed by atoms with Gasteiger partial charge in [0.2, 0.25) is 0 Å². The van der Waals surface area contributed by atoms with Crippen LogP contribution in [0.5, 0.6) is 0 Å². The maximum Gasteiger partial charge on any atom is 0.330 e. The Morgan fingerprint density at radius 3 is 2.24 bits per heavy atom. The van der Waals surface area contributed by atoms with E-state index in [0.717, 1.165) is 32.1 Å². The second kappa shape index (κ2) is 9.98. The normalized spacial score (nSPS) is 29.9. The number of Topliss-reactive ketones (excluding diaryl/α,β-unsaturated/α-hetero) is 1. The van der Waals surface area contributed by atoms with Crippen molar-refractivity contribution in [3.05, 3.63) is 0 Å². The Hall–Kier alpha value is 0.1000. The summed E-state index contributed by atoms with van der Waals surface area (Å²) in [7, 11) is 0. The van der Waals surface area contributed by atoms with Crippen LogP contribution >= 0.6 is 31.9 Å². The van der Waals surface area contributed by atoms with Gasteiger partial charge in [-0.2, -0.15) is 0 Å². The fourth-order valence-corrected chi connectivity index (χ4v) is 4.40. The molecule has 0 heterocycles. The van der Waals surface area contributed by atoms with Gasteiger partial charge in [-0.25, -0.2) is 0 Å². The van der Waals surface area contributed by atoms with Gasteiger partial charge in [0, 0.05) is 0 Å². The number of rotatable bonds is 2. The largest absolute Gasteiger partial charge is 0.465 e. The quantitative estimate of drug-likeness (QED) is 0.357. The number of ketones is 1. The Kier molecular flexibility index (Phi) is 9.10. The lowest BCUT2D eigenvalue weighted by molar-refractivity contribution is -0.149. The third-order valence-electron chi connectivity index (χ3n) is 4.00. The molecule has 1 rings (SSSR count). The van der Waals surface area contributed by atoms with Gasteiger partial charge in [0.1, 0.15) is 0 Å². The topological polar surface area (TPSA) is 43.4 Å². The lowest BCUT2D eigenvalue weighted by atomic mass is 9.93. The van der Waals surface area contributed by atoms with Crippen LogP contribution in [0, 0.1) is 0 Å². The van der Waals surface area contributed by atoms with Crippen molar-refractivity contribution in [3.8, 4) is 0 Å². The first kappa shape index (κ1) is 19.1. The van der Waals surface area contributed by atoms with E-state index in [-0.39, 0.29) is 10.6 Å². The third-order valence-corrected chi connectivity index (χ3v) is 5.99. The molecule has 1 saturated carbocycles. The highest BCUT2D eigenvalue weighted by atomic mass is 79.9. The van der Waals surface area contributed by atoms with Crippen molar-refractivity contribution in [1.82, 2.24) is 0 Å². The van der Waals surface area contributed by atoms with Gasteiger partial charge >= 0.3 is 5.97 Å². The summed E-state index contributed by atoms with van der Waals surface area (Å²) in [4.78, 5) is 24.7. The van der Waals surface area contributed by atoms with Crippen LogP contribution in [0.4, 0.5) is 0 Å². The van der Waals surface area contributed by atoms with Crippen LogP contribution in [0.3, 0.4) is 0 Å². The molecule has 1 aliphatic rings. The lowest BCUT2D eigenvalue weighted by Crippen LogP contribution is -2.46. The third kappa shape index (κ3) is 6.01. The molecule has 0 aromatic rings. The molecule has 0 radical (unpaired) electrons. The van der Waals surface area contributed by atoms with Crippen LogP contribution in [0.15, 0.2) is 0 Å². The molecule has 1 aliphatic carbocycles. The predicted octanol–water partition coefficient (Wildman–Crippen LogP) is 4.93. The SMILES string of the molecule is CCOC(=O)[C@]1(Br)CCCCCCCCCC[C@@H](Br)C1=O.